The highest BCUT2D eigenvalue weighted by Crippen LogP contribution is 2.51. The Morgan fingerprint density at radius 3 is 2.35 bits per heavy atom. The minimum Gasteiger partial charge on any atom is -0.507 e. The Hall–Kier alpha value is -4.22. The van der Waals surface area contributed by atoms with E-state index in [2.05, 4.69) is 5.32 Å². The normalized spacial score (nSPS) is 29.4. The van der Waals surface area contributed by atoms with Gasteiger partial charge in [-0.1, -0.05) is 24.3 Å². The fraction of sp³-hybridized carbons (Fsp3) is 0.379. The Balaban J connectivity index is 1.53. The predicted octanol–water partition coefficient (Wildman–Crippen LogP) is -0.203. The summed E-state index contributed by atoms with van der Waals surface area (Å²) in [5, 5.41) is 25.1. The Morgan fingerprint density at radius 1 is 1.05 bits per heavy atom. The molecule has 208 valence electrons. The molecule has 0 radical (unpaired) electrons. The minimum atomic E-state index is -2.77. The number of ketones is 4. The van der Waals surface area contributed by atoms with Gasteiger partial charge >= 0.3 is 0 Å². The van der Waals surface area contributed by atoms with Gasteiger partial charge in [-0.2, -0.15) is 0 Å². The maximum absolute atomic E-state index is 13.8. The van der Waals surface area contributed by atoms with Gasteiger partial charge in [-0.25, -0.2) is 0 Å². The van der Waals surface area contributed by atoms with Crippen molar-refractivity contribution in [3.63, 3.8) is 0 Å². The number of fused-ring (bicyclic) bond motifs is 3. The summed E-state index contributed by atoms with van der Waals surface area (Å²) in [6.07, 6.45) is 0.0755. The van der Waals surface area contributed by atoms with Crippen LogP contribution in [0.15, 0.2) is 42.5 Å². The quantitative estimate of drug-likeness (QED) is 0.368. The standard InChI is InChI=1S/C29H29N3O8/c1-32(2)22-17-11-15-10-16-14(12-31-28(39)13-6-4-3-5-7-13)8-9-18(33)20(16)23(34)19(15)25(36)29(17,40)26(37)21(24(22)35)27(30)38/h3-9,15,17,19,21-22,33,40H,10-12H2,1-2H3,(H2,30,38)(H,31,39)/t15-,17-,19?,21?,22-,29-/m0/s1. The summed E-state index contributed by atoms with van der Waals surface area (Å²) in [6.45, 7) is 0.0416. The van der Waals surface area contributed by atoms with Gasteiger partial charge in [0.25, 0.3) is 5.91 Å². The molecule has 2 unspecified atom stereocenters. The summed E-state index contributed by atoms with van der Waals surface area (Å²) >= 11 is 0. The highest BCUT2D eigenvalue weighted by molar-refractivity contribution is 6.32. The Labute approximate surface area is 229 Å². The predicted molar refractivity (Wildman–Crippen MR) is 139 cm³/mol. The van der Waals surface area contributed by atoms with Gasteiger partial charge in [0.15, 0.2) is 34.7 Å². The summed E-state index contributed by atoms with van der Waals surface area (Å²) in [4.78, 5) is 80.2. The van der Waals surface area contributed by atoms with Gasteiger partial charge in [0.1, 0.15) is 5.75 Å². The summed E-state index contributed by atoms with van der Waals surface area (Å²) in [6, 6.07) is 10.3. The highest BCUT2D eigenvalue weighted by Gasteiger charge is 2.69. The van der Waals surface area contributed by atoms with Crippen LogP contribution >= 0.6 is 0 Å². The van der Waals surface area contributed by atoms with Crippen molar-refractivity contribution in [2.75, 3.05) is 14.1 Å². The largest absolute Gasteiger partial charge is 0.507 e. The van der Waals surface area contributed by atoms with E-state index < -0.39 is 64.4 Å². The number of primary amides is 1. The second kappa shape index (κ2) is 9.76. The van der Waals surface area contributed by atoms with Crippen molar-refractivity contribution < 1.29 is 39.0 Å². The zero-order valence-electron chi connectivity index (χ0n) is 21.9. The van der Waals surface area contributed by atoms with Gasteiger partial charge in [-0.3, -0.25) is 33.7 Å². The number of nitrogens with zero attached hydrogens (tertiary/aromatic N) is 1. The molecule has 5 rings (SSSR count). The van der Waals surface area contributed by atoms with E-state index >= 15 is 0 Å². The highest BCUT2D eigenvalue weighted by atomic mass is 16.3. The number of hydrogen-bond donors (Lipinski definition) is 4. The lowest BCUT2D eigenvalue weighted by Gasteiger charge is -2.52. The molecule has 0 saturated heterocycles. The molecule has 2 fully saturated rings. The molecular weight excluding hydrogens is 518 g/mol. The molecule has 2 amide bonds. The lowest BCUT2D eigenvalue weighted by atomic mass is 9.52. The van der Waals surface area contributed by atoms with E-state index in [0.29, 0.717) is 16.7 Å². The second-order valence-electron chi connectivity index (χ2n) is 10.9. The van der Waals surface area contributed by atoms with E-state index in [9.17, 15) is 39.0 Å². The number of hydrogen-bond acceptors (Lipinski definition) is 9. The number of nitrogens with two attached hydrogens (primary N) is 1. The van der Waals surface area contributed by atoms with Gasteiger partial charge in [0.2, 0.25) is 5.91 Å². The maximum Gasteiger partial charge on any atom is 0.251 e. The first-order valence-electron chi connectivity index (χ1n) is 12.9. The molecule has 2 saturated carbocycles. The molecule has 2 aromatic rings. The molecule has 0 bridgehead atoms. The van der Waals surface area contributed by atoms with E-state index in [1.807, 2.05) is 0 Å². The number of benzene rings is 2. The Bertz CT molecular complexity index is 1470. The van der Waals surface area contributed by atoms with Gasteiger partial charge in [0.05, 0.1) is 17.5 Å². The molecule has 11 heteroatoms. The number of aromatic hydroxyl groups is 1. The Kier molecular flexibility index (Phi) is 6.67. The third-order valence-corrected chi connectivity index (χ3v) is 8.52. The van der Waals surface area contributed by atoms with Crippen LogP contribution in [0.5, 0.6) is 5.75 Å². The lowest BCUT2D eigenvalue weighted by molar-refractivity contribution is -0.181. The van der Waals surface area contributed by atoms with Crippen LogP contribution in [0, 0.1) is 23.7 Å². The molecule has 6 atom stereocenters. The number of likely N-dealkylation sites (N-methyl/N-ethyl adjacent to an activating group) is 1. The summed E-state index contributed by atoms with van der Waals surface area (Å²) in [5.41, 5.74) is 3.90. The van der Waals surface area contributed by atoms with E-state index in [0.717, 1.165) is 0 Å². The number of aliphatic hydroxyl groups is 1. The fourth-order valence-corrected chi connectivity index (χ4v) is 6.70. The van der Waals surface area contributed by atoms with Crippen molar-refractivity contribution in [3.05, 3.63) is 64.7 Å². The van der Waals surface area contributed by atoms with E-state index in [4.69, 9.17) is 5.73 Å². The van der Waals surface area contributed by atoms with Crippen molar-refractivity contribution in [1.82, 2.24) is 10.2 Å². The molecule has 3 aliphatic carbocycles. The van der Waals surface area contributed by atoms with Gasteiger partial charge in [0, 0.05) is 18.0 Å². The molecule has 0 aromatic heterocycles. The number of carbonyl (C=O) groups excluding carboxylic acids is 6. The Morgan fingerprint density at radius 2 is 1.73 bits per heavy atom. The number of carbonyl (C=O) groups is 6. The molecule has 0 heterocycles. The summed E-state index contributed by atoms with van der Waals surface area (Å²) < 4.78 is 0. The van der Waals surface area contributed by atoms with E-state index in [1.54, 1.807) is 36.4 Å². The average Bonchev–Trinajstić information content (AvgIpc) is 2.90. The number of amides is 2. The van der Waals surface area contributed by atoms with Crippen molar-refractivity contribution >= 4 is 34.9 Å². The topological polar surface area (TPSA) is 184 Å². The third-order valence-electron chi connectivity index (χ3n) is 8.52. The first-order valence-corrected chi connectivity index (χ1v) is 12.9. The van der Waals surface area contributed by atoms with Crippen molar-refractivity contribution in [2.45, 2.75) is 31.0 Å². The molecule has 2 aromatic carbocycles. The molecule has 5 N–H and O–H groups in total. The first kappa shape index (κ1) is 27.4. The monoisotopic (exact) mass is 547 g/mol. The smallest absolute Gasteiger partial charge is 0.251 e. The fourth-order valence-electron chi connectivity index (χ4n) is 6.70. The molecular formula is C29H29N3O8. The molecule has 3 aliphatic rings. The number of Topliss-reactive ketones (excluding diaryl/α,β-unsaturated/α-hetero) is 4. The SMILES string of the molecule is CN(C)[C@@H]1C(=O)C(C(N)=O)C(=O)[C@@]2(O)C(=O)C3C(=O)c4c(O)ccc(CNC(=O)c5ccccc5)c4C[C@H]3C[C@@H]12. The molecule has 40 heavy (non-hydrogen) atoms. The average molecular weight is 548 g/mol. The summed E-state index contributed by atoms with van der Waals surface area (Å²) in [7, 11) is 3.06. The van der Waals surface area contributed by atoms with Crippen LogP contribution in [-0.4, -0.2) is 75.8 Å². The van der Waals surface area contributed by atoms with Crippen LogP contribution in [0.3, 0.4) is 0 Å². The van der Waals surface area contributed by atoms with Gasteiger partial charge in [-0.15, -0.1) is 0 Å². The lowest BCUT2D eigenvalue weighted by Crippen LogP contribution is -2.74. The molecule has 0 aliphatic heterocycles. The van der Waals surface area contributed by atoms with E-state index in [-0.39, 0.29) is 36.6 Å². The van der Waals surface area contributed by atoms with Crippen LogP contribution in [0.25, 0.3) is 0 Å². The van der Waals surface area contributed by atoms with Crippen molar-refractivity contribution in [2.24, 2.45) is 29.4 Å². The van der Waals surface area contributed by atoms with Crippen LogP contribution in [0.1, 0.15) is 38.3 Å². The molecule has 0 spiro atoms. The summed E-state index contributed by atoms with van der Waals surface area (Å²) in [5.74, 6) is -11.3. The van der Waals surface area contributed by atoms with Crippen LogP contribution in [-0.2, 0) is 32.1 Å². The zero-order chi connectivity index (χ0) is 29.1. The third kappa shape index (κ3) is 3.96. The zero-order valence-corrected chi connectivity index (χ0v) is 21.9. The van der Waals surface area contributed by atoms with Crippen LogP contribution in [0.2, 0.25) is 0 Å². The minimum absolute atomic E-state index is 0.0416. The van der Waals surface area contributed by atoms with Gasteiger partial charge in [-0.05, 0) is 62.2 Å². The van der Waals surface area contributed by atoms with Crippen molar-refractivity contribution in [3.8, 4) is 5.75 Å². The number of phenolic OH excluding ortho intramolecular Hbond substituents is 1. The van der Waals surface area contributed by atoms with Crippen LogP contribution in [0.4, 0.5) is 0 Å². The number of phenols is 1. The first-order chi connectivity index (χ1) is 18.9. The van der Waals surface area contributed by atoms with Gasteiger partial charge < -0.3 is 21.3 Å². The van der Waals surface area contributed by atoms with Crippen molar-refractivity contribution in [1.29, 1.82) is 0 Å². The van der Waals surface area contributed by atoms with E-state index in [1.165, 1.54) is 25.1 Å². The maximum atomic E-state index is 13.8. The number of nitrogens with one attached hydrogen (secondary N) is 1. The molecule has 11 nitrogen and oxygen atoms in total. The number of rotatable bonds is 5. The second-order valence-corrected chi connectivity index (χ2v) is 10.9. The van der Waals surface area contributed by atoms with Crippen LogP contribution < -0.4 is 11.1 Å².